The van der Waals surface area contributed by atoms with Crippen LogP contribution < -0.4 is 15.8 Å². The van der Waals surface area contributed by atoms with E-state index in [1.807, 2.05) is 14.1 Å². The predicted octanol–water partition coefficient (Wildman–Crippen LogP) is 0.977. The molecule has 0 aliphatic heterocycles. The third-order valence-electron chi connectivity index (χ3n) is 5.30. The van der Waals surface area contributed by atoms with Crippen LogP contribution in [0.5, 0.6) is 5.88 Å². The van der Waals surface area contributed by atoms with Gasteiger partial charge in [-0.2, -0.15) is 10.1 Å². The normalized spacial score (nSPS) is 29.3. The van der Waals surface area contributed by atoms with Crippen molar-refractivity contribution in [3.05, 3.63) is 17.8 Å². The topological polar surface area (TPSA) is 95.1 Å². The van der Waals surface area contributed by atoms with E-state index in [1.54, 1.807) is 16.9 Å². The fraction of sp³-hybridized carbons (Fsp3) is 0.562. The zero-order valence-corrected chi connectivity index (χ0v) is 13.4. The first-order chi connectivity index (χ1) is 11.0. The number of nitrogens with two attached hydrogens (primary N) is 1. The summed E-state index contributed by atoms with van der Waals surface area (Å²) in [5.74, 6) is -0.191. The summed E-state index contributed by atoms with van der Waals surface area (Å²) in [7, 11) is 3.82. The van der Waals surface area contributed by atoms with E-state index in [0.717, 1.165) is 18.2 Å². The van der Waals surface area contributed by atoms with Crippen LogP contribution in [0.2, 0.25) is 0 Å². The second-order valence-corrected chi connectivity index (χ2v) is 6.93. The minimum atomic E-state index is -0.522. The molecule has 2 saturated carbocycles. The van der Waals surface area contributed by atoms with Gasteiger partial charge in [0.2, 0.25) is 5.88 Å². The van der Waals surface area contributed by atoms with Crippen LogP contribution in [0, 0.1) is 5.41 Å². The monoisotopic (exact) mass is 315 g/mol. The van der Waals surface area contributed by atoms with E-state index >= 15 is 0 Å². The lowest BCUT2D eigenvalue weighted by Gasteiger charge is -2.57. The minimum Gasteiger partial charge on any atom is -0.474 e. The van der Waals surface area contributed by atoms with Gasteiger partial charge in [0.25, 0.3) is 5.91 Å². The molecule has 0 bridgehead atoms. The number of hydrogen-bond acceptors (Lipinski definition) is 5. The lowest BCUT2D eigenvalue weighted by Crippen LogP contribution is -2.57. The number of aromatic nitrogens is 3. The summed E-state index contributed by atoms with van der Waals surface area (Å²) < 4.78 is 7.67. The molecule has 0 radical (unpaired) electrons. The maximum atomic E-state index is 11.7. The summed E-state index contributed by atoms with van der Waals surface area (Å²) in [4.78, 5) is 16.2. The van der Waals surface area contributed by atoms with Gasteiger partial charge in [-0.3, -0.25) is 9.48 Å². The highest BCUT2D eigenvalue weighted by Gasteiger charge is 2.53. The number of hydrogen-bond donors (Lipinski definition) is 2. The van der Waals surface area contributed by atoms with Gasteiger partial charge in [-0.15, -0.1) is 0 Å². The van der Waals surface area contributed by atoms with Crippen LogP contribution in [-0.4, -0.2) is 39.9 Å². The fourth-order valence-electron chi connectivity index (χ4n) is 4.00. The van der Waals surface area contributed by atoms with Crippen LogP contribution in [0.4, 0.5) is 0 Å². The molecule has 4 rings (SSSR count). The van der Waals surface area contributed by atoms with Crippen LogP contribution in [0.25, 0.3) is 11.0 Å². The molecule has 2 aromatic rings. The number of aryl methyl sites for hydroxylation is 1. The predicted molar refractivity (Wildman–Crippen MR) is 85.2 cm³/mol. The van der Waals surface area contributed by atoms with E-state index in [-0.39, 0.29) is 6.10 Å². The van der Waals surface area contributed by atoms with E-state index in [9.17, 15) is 4.79 Å². The van der Waals surface area contributed by atoms with Gasteiger partial charge in [-0.25, -0.2) is 0 Å². The van der Waals surface area contributed by atoms with Crippen molar-refractivity contribution in [2.75, 3.05) is 7.05 Å². The Bertz CT molecular complexity index is 770. The van der Waals surface area contributed by atoms with Crippen molar-refractivity contribution in [1.82, 2.24) is 20.1 Å². The van der Waals surface area contributed by atoms with Gasteiger partial charge in [0.15, 0.2) is 5.65 Å². The van der Waals surface area contributed by atoms with Crippen LogP contribution >= 0.6 is 0 Å². The van der Waals surface area contributed by atoms with Crippen molar-refractivity contribution >= 4 is 16.9 Å². The fourth-order valence-corrected chi connectivity index (χ4v) is 4.00. The summed E-state index contributed by atoms with van der Waals surface area (Å²) in [5, 5.41) is 8.25. The number of rotatable bonds is 4. The van der Waals surface area contributed by atoms with E-state index in [2.05, 4.69) is 15.4 Å². The molecule has 2 fully saturated rings. The van der Waals surface area contributed by atoms with Gasteiger partial charge in [0, 0.05) is 18.5 Å². The van der Waals surface area contributed by atoms with Crippen LogP contribution in [0.3, 0.4) is 0 Å². The van der Waals surface area contributed by atoms with Crippen molar-refractivity contribution < 1.29 is 9.53 Å². The summed E-state index contributed by atoms with van der Waals surface area (Å²) in [5.41, 5.74) is 6.93. The highest BCUT2D eigenvalue weighted by molar-refractivity contribution is 5.98. The maximum absolute atomic E-state index is 11.7. The molecular formula is C16H21N5O2. The largest absolute Gasteiger partial charge is 0.474 e. The molecule has 3 N–H and O–H groups in total. The van der Waals surface area contributed by atoms with E-state index in [4.69, 9.17) is 10.5 Å². The van der Waals surface area contributed by atoms with Crippen molar-refractivity contribution in [2.45, 2.75) is 37.8 Å². The Morgan fingerprint density at radius 2 is 2.17 bits per heavy atom. The Kier molecular flexibility index (Phi) is 3.09. The van der Waals surface area contributed by atoms with Gasteiger partial charge < -0.3 is 15.8 Å². The maximum Gasteiger partial charge on any atom is 0.254 e. The Balaban J connectivity index is 1.53. The SMILES string of the molecule is CN[C@H]1CC2(C1)C[C@H](Oc1nc3c(cnn3C)cc1C(N)=O)C2. The Labute approximate surface area is 134 Å². The standard InChI is InChI=1S/C16H21N5O2/c1-18-10-4-16(5-10)6-11(7-16)23-15-12(13(17)22)3-9-8-19-21(2)14(9)20-15/h3,8,10-11,18H,4-7H2,1-2H3,(H2,17,22)/t10-,11-,16?. The molecule has 1 spiro atoms. The molecule has 7 heteroatoms. The lowest BCUT2D eigenvalue weighted by atomic mass is 9.53. The Morgan fingerprint density at radius 1 is 1.43 bits per heavy atom. The van der Waals surface area contributed by atoms with Crippen LogP contribution in [0.15, 0.2) is 12.3 Å². The lowest BCUT2D eigenvalue weighted by molar-refractivity contribution is -0.0854. The quantitative estimate of drug-likeness (QED) is 0.877. The average Bonchev–Trinajstić information content (AvgIpc) is 2.80. The molecule has 0 saturated heterocycles. The van der Waals surface area contributed by atoms with Gasteiger partial charge in [0.05, 0.1) is 6.20 Å². The van der Waals surface area contributed by atoms with E-state index < -0.39 is 5.91 Å². The van der Waals surface area contributed by atoms with E-state index in [1.165, 1.54) is 12.8 Å². The zero-order chi connectivity index (χ0) is 16.2. The van der Waals surface area contributed by atoms with Crippen LogP contribution in [0.1, 0.15) is 36.0 Å². The number of fused-ring (bicyclic) bond motifs is 1. The zero-order valence-electron chi connectivity index (χ0n) is 13.4. The molecule has 0 unspecified atom stereocenters. The molecule has 2 heterocycles. The summed E-state index contributed by atoms with van der Waals surface area (Å²) >= 11 is 0. The Hall–Kier alpha value is -2.15. The van der Waals surface area contributed by atoms with Gasteiger partial charge in [0.1, 0.15) is 11.7 Å². The van der Waals surface area contributed by atoms with Gasteiger partial charge in [-0.05, 0) is 44.2 Å². The molecule has 0 aromatic carbocycles. The summed E-state index contributed by atoms with van der Waals surface area (Å²) in [6, 6.07) is 2.35. The van der Waals surface area contributed by atoms with E-state index in [0.29, 0.717) is 28.5 Å². The number of nitrogens with zero attached hydrogens (tertiary/aromatic N) is 3. The number of carbonyl (C=O) groups is 1. The van der Waals surface area contributed by atoms with Gasteiger partial charge in [-0.1, -0.05) is 0 Å². The number of nitrogens with one attached hydrogen (secondary N) is 1. The smallest absolute Gasteiger partial charge is 0.254 e. The number of carbonyl (C=O) groups excluding carboxylic acids is 1. The summed E-state index contributed by atoms with van der Waals surface area (Å²) in [6.07, 6.45) is 6.25. The van der Waals surface area contributed by atoms with Crippen molar-refractivity contribution in [3.63, 3.8) is 0 Å². The second-order valence-electron chi connectivity index (χ2n) is 6.93. The first kappa shape index (κ1) is 14.4. The number of amides is 1. The van der Waals surface area contributed by atoms with Crippen molar-refractivity contribution in [1.29, 1.82) is 0 Å². The molecular weight excluding hydrogens is 294 g/mol. The number of primary amides is 1. The third-order valence-corrected chi connectivity index (χ3v) is 5.30. The molecule has 7 nitrogen and oxygen atoms in total. The Morgan fingerprint density at radius 3 is 2.83 bits per heavy atom. The highest BCUT2D eigenvalue weighted by Crippen LogP contribution is 2.56. The molecule has 122 valence electrons. The molecule has 2 aliphatic carbocycles. The molecule has 2 aliphatic rings. The third kappa shape index (κ3) is 2.26. The van der Waals surface area contributed by atoms with Crippen molar-refractivity contribution in [3.8, 4) is 5.88 Å². The van der Waals surface area contributed by atoms with Crippen molar-refractivity contribution in [2.24, 2.45) is 18.2 Å². The molecule has 23 heavy (non-hydrogen) atoms. The summed E-state index contributed by atoms with van der Waals surface area (Å²) in [6.45, 7) is 0. The molecule has 1 amide bonds. The van der Waals surface area contributed by atoms with Gasteiger partial charge >= 0.3 is 0 Å². The number of pyridine rings is 1. The molecule has 0 atom stereocenters. The first-order valence-electron chi connectivity index (χ1n) is 7.96. The second kappa shape index (κ2) is 4.92. The number of ether oxygens (including phenoxy) is 1. The molecule has 2 aromatic heterocycles. The van der Waals surface area contributed by atoms with Crippen LogP contribution in [-0.2, 0) is 7.05 Å². The highest BCUT2D eigenvalue weighted by atomic mass is 16.5. The first-order valence-corrected chi connectivity index (χ1v) is 7.96. The minimum absolute atomic E-state index is 0.115. The average molecular weight is 315 g/mol.